The maximum absolute atomic E-state index is 12.8. The van der Waals surface area contributed by atoms with Gasteiger partial charge in [0.15, 0.2) is 11.5 Å². The molecule has 0 spiro atoms. The number of amides is 2. The molecule has 1 fully saturated rings. The topological polar surface area (TPSA) is 67.9 Å². The minimum absolute atomic E-state index is 0.0569. The molecule has 0 aromatic heterocycles. The lowest BCUT2D eigenvalue weighted by Gasteiger charge is -2.34. The number of imide groups is 1. The SMILES string of the molecule is CCOc1ccc(CN[C@H]2CCC[C@H](N3C(=O)c4ccccc4C3=O)C2)cc1OC. The molecule has 6 heteroatoms. The Bertz CT molecular complexity index is 908. The van der Waals surface area contributed by atoms with Gasteiger partial charge in [-0.15, -0.1) is 0 Å². The summed E-state index contributed by atoms with van der Waals surface area (Å²) in [7, 11) is 1.64. The number of hydrogen-bond donors (Lipinski definition) is 1. The third-order valence-electron chi connectivity index (χ3n) is 5.96. The number of rotatable bonds is 7. The van der Waals surface area contributed by atoms with Crippen LogP contribution in [0.1, 0.15) is 58.9 Å². The zero-order valence-electron chi connectivity index (χ0n) is 17.5. The Balaban J connectivity index is 1.40. The normalized spacial score (nSPS) is 20.9. The monoisotopic (exact) mass is 408 g/mol. The van der Waals surface area contributed by atoms with Gasteiger partial charge in [0, 0.05) is 18.6 Å². The fourth-order valence-corrected chi connectivity index (χ4v) is 4.48. The minimum atomic E-state index is -0.155. The van der Waals surface area contributed by atoms with Crippen molar-refractivity contribution in [2.75, 3.05) is 13.7 Å². The van der Waals surface area contributed by atoms with Crippen molar-refractivity contribution in [3.05, 3.63) is 59.2 Å². The maximum Gasteiger partial charge on any atom is 0.261 e. The molecule has 6 nitrogen and oxygen atoms in total. The zero-order chi connectivity index (χ0) is 21.1. The highest BCUT2D eigenvalue weighted by molar-refractivity contribution is 6.21. The molecular formula is C24H28N2O4. The smallest absolute Gasteiger partial charge is 0.261 e. The number of nitrogens with zero attached hydrogens (tertiary/aromatic N) is 1. The van der Waals surface area contributed by atoms with Crippen molar-refractivity contribution in [3.63, 3.8) is 0 Å². The van der Waals surface area contributed by atoms with Crippen molar-refractivity contribution in [1.29, 1.82) is 0 Å². The standard InChI is InChI=1S/C24H28N2O4/c1-3-30-21-12-11-16(13-22(21)29-2)15-25-17-7-6-8-18(14-17)26-23(27)19-9-4-5-10-20(19)24(26)28/h4-5,9-13,17-18,25H,3,6-8,14-15H2,1-2H3/t17-,18-/m0/s1. The lowest BCUT2D eigenvalue weighted by molar-refractivity contribution is 0.0533. The molecule has 1 saturated carbocycles. The Morgan fingerprint density at radius 1 is 1.03 bits per heavy atom. The Morgan fingerprint density at radius 2 is 1.77 bits per heavy atom. The van der Waals surface area contributed by atoms with Crippen molar-refractivity contribution >= 4 is 11.8 Å². The van der Waals surface area contributed by atoms with Crippen LogP contribution in [0.15, 0.2) is 42.5 Å². The minimum Gasteiger partial charge on any atom is -0.493 e. The summed E-state index contributed by atoms with van der Waals surface area (Å²) in [5.41, 5.74) is 2.16. The average molecular weight is 408 g/mol. The number of carbonyl (C=O) groups excluding carboxylic acids is 2. The highest BCUT2D eigenvalue weighted by Gasteiger charge is 2.41. The van der Waals surface area contributed by atoms with Crippen LogP contribution in [0.5, 0.6) is 11.5 Å². The third kappa shape index (κ3) is 3.92. The van der Waals surface area contributed by atoms with E-state index in [2.05, 4.69) is 5.32 Å². The summed E-state index contributed by atoms with van der Waals surface area (Å²) in [5.74, 6) is 1.16. The van der Waals surface area contributed by atoms with Crippen LogP contribution in [-0.2, 0) is 6.54 Å². The zero-order valence-corrected chi connectivity index (χ0v) is 17.5. The first kappa shape index (κ1) is 20.4. The summed E-state index contributed by atoms with van der Waals surface area (Å²) in [5, 5.41) is 3.60. The van der Waals surface area contributed by atoms with Crippen LogP contribution >= 0.6 is 0 Å². The molecule has 0 radical (unpaired) electrons. The third-order valence-corrected chi connectivity index (χ3v) is 5.96. The number of ether oxygens (including phenoxy) is 2. The van der Waals surface area contributed by atoms with E-state index in [0.29, 0.717) is 24.3 Å². The first-order valence-electron chi connectivity index (χ1n) is 10.6. The Morgan fingerprint density at radius 3 is 2.43 bits per heavy atom. The molecule has 0 saturated heterocycles. The summed E-state index contributed by atoms with van der Waals surface area (Å²) in [6.07, 6.45) is 3.66. The molecule has 2 aliphatic rings. The van der Waals surface area contributed by atoms with Crippen LogP contribution < -0.4 is 14.8 Å². The van der Waals surface area contributed by atoms with E-state index in [1.165, 1.54) is 4.90 Å². The lowest BCUT2D eigenvalue weighted by Crippen LogP contribution is -2.46. The van der Waals surface area contributed by atoms with Crippen LogP contribution in [0, 0.1) is 0 Å². The summed E-state index contributed by atoms with van der Waals surface area (Å²) < 4.78 is 11.0. The highest BCUT2D eigenvalue weighted by atomic mass is 16.5. The van der Waals surface area contributed by atoms with Crippen LogP contribution in [0.4, 0.5) is 0 Å². The summed E-state index contributed by atoms with van der Waals surface area (Å²) in [6.45, 7) is 3.24. The van der Waals surface area contributed by atoms with Gasteiger partial charge in [-0.3, -0.25) is 14.5 Å². The fourth-order valence-electron chi connectivity index (χ4n) is 4.48. The van der Waals surface area contributed by atoms with E-state index < -0.39 is 0 Å². The van der Waals surface area contributed by atoms with Gasteiger partial charge in [0.05, 0.1) is 24.8 Å². The van der Waals surface area contributed by atoms with Gasteiger partial charge in [-0.2, -0.15) is 0 Å². The molecule has 2 atom stereocenters. The molecule has 158 valence electrons. The van der Waals surface area contributed by atoms with Gasteiger partial charge >= 0.3 is 0 Å². The number of benzene rings is 2. The van der Waals surface area contributed by atoms with E-state index in [-0.39, 0.29) is 23.9 Å². The van der Waals surface area contributed by atoms with Crippen LogP contribution in [0.2, 0.25) is 0 Å². The highest BCUT2D eigenvalue weighted by Crippen LogP contribution is 2.32. The largest absolute Gasteiger partial charge is 0.493 e. The van der Waals surface area contributed by atoms with Crippen LogP contribution in [0.3, 0.4) is 0 Å². The van der Waals surface area contributed by atoms with Crippen molar-refractivity contribution in [3.8, 4) is 11.5 Å². The molecule has 0 unspecified atom stereocenters. The quantitative estimate of drug-likeness (QED) is 0.706. The molecule has 2 aromatic carbocycles. The fraction of sp³-hybridized carbons (Fsp3) is 0.417. The van der Waals surface area contributed by atoms with Gasteiger partial charge in [-0.05, 0) is 62.4 Å². The number of methoxy groups -OCH3 is 1. The summed E-state index contributed by atoms with van der Waals surface area (Å²) >= 11 is 0. The number of fused-ring (bicyclic) bond motifs is 1. The van der Waals surface area contributed by atoms with E-state index in [1.807, 2.05) is 37.3 Å². The van der Waals surface area contributed by atoms with Crippen molar-refractivity contribution < 1.29 is 19.1 Å². The van der Waals surface area contributed by atoms with Gasteiger partial charge in [-0.25, -0.2) is 0 Å². The number of hydrogen-bond acceptors (Lipinski definition) is 5. The molecule has 2 amide bonds. The van der Waals surface area contributed by atoms with Gasteiger partial charge in [-0.1, -0.05) is 18.2 Å². The van der Waals surface area contributed by atoms with Crippen LogP contribution in [-0.4, -0.2) is 42.5 Å². The second kappa shape index (κ2) is 8.88. The Labute approximate surface area is 177 Å². The van der Waals surface area contributed by atoms with E-state index in [0.717, 1.165) is 42.7 Å². The molecule has 0 bridgehead atoms. The van der Waals surface area contributed by atoms with Crippen molar-refractivity contribution in [1.82, 2.24) is 10.2 Å². The Hall–Kier alpha value is -2.86. The molecule has 2 aromatic rings. The van der Waals surface area contributed by atoms with E-state index in [9.17, 15) is 9.59 Å². The molecule has 1 aliphatic carbocycles. The van der Waals surface area contributed by atoms with E-state index in [1.54, 1.807) is 19.2 Å². The molecule has 1 aliphatic heterocycles. The molecule has 1 heterocycles. The second-order valence-electron chi connectivity index (χ2n) is 7.84. The molecule has 1 N–H and O–H groups in total. The Kier molecular flexibility index (Phi) is 6.04. The van der Waals surface area contributed by atoms with Crippen molar-refractivity contribution in [2.45, 2.75) is 51.2 Å². The van der Waals surface area contributed by atoms with E-state index >= 15 is 0 Å². The summed E-state index contributed by atoms with van der Waals surface area (Å²) in [6, 6.07) is 13.3. The lowest BCUT2D eigenvalue weighted by atomic mass is 9.89. The van der Waals surface area contributed by atoms with Crippen molar-refractivity contribution in [2.24, 2.45) is 0 Å². The van der Waals surface area contributed by atoms with E-state index in [4.69, 9.17) is 9.47 Å². The summed E-state index contributed by atoms with van der Waals surface area (Å²) in [4.78, 5) is 27.1. The molecule has 4 rings (SSSR count). The first-order valence-corrected chi connectivity index (χ1v) is 10.6. The van der Waals surface area contributed by atoms with Gasteiger partial charge in [0.2, 0.25) is 0 Å². The van der Waals surface area contributed by atoms with Crippen LogP contribution in [0.25, 0.3) is 0 Å². The number of carbonyl (C=O) groups is 2. The second-order valence-corrected chi connectivity index (χ2v) is 7.84. The van der Waals surface area contributed by atoms with Gasteiger partial charge in [0.1, 0.15) is 0 Å². The first-order chi connectivity index (χ1) is 14.6. The molecule has 30 heavy (non-hydrogen) atoms. The maximum atomic E-state index is 12.8. The molecular weight excluding hydrogens is 380 g/mol. The predicted molar refractivity (Wildman–Crippen MR) is 114 cm³/mol. The average Bonchev–Trinajstić information content (AvgIpc) is 3.04. The van der Waals surface area contributed by atoms with Gasteiger partial charge in [0.25, 0.3) is 11.8 Å². The number of nitrogens with one attached hydrogen (secondary N) is 1. The van der Waals surface area contributed by atoms with Gasteiger partial charge < -0.3 is 14.8 Å². The predicted octanol–water partition coefficient (Wildman–Crippen LogP) is 3.79.